The van der Waals surface area contributed by atoms with Crippen LogP contribution in [0.15, 0.2) is 6.07 Å². The normalized spacial score (nSPS) is 18.6. The largest absolute Gasteiger partial charge is 0.370 e. The Morgan fingerprint density at radius 1 is 1.25 bits per heavy atom. The molecule has 0 amide bonds. The van der Waals surface area contributed by atoms with Gasteiger partial charge in [0.15, 0.2) is 0 Å². The van der Waals surface area contributed by atoms with E-state index in [9.17, 15) is 0 Å². The van der Waals surface area contributed by atoms with Gasteiger partial charge in [-0.3, -0.25) is 0 Å². The first-order valence-corrected chi connectivity index (χ1v) is 8.13. The van der Waals surface area contributed by atoms with Gasteiger partial charge in [-0.15, -0.1) is 0 Å². The molecule has 0 saturated carbocycles. The summed E-state index contributed by atoms with van der Waals surface area (Å²) in [6.07, 6.45) is 5.73. The molecule has 1 aliphatic heterocycles. The third-order valence-corrected chi connectivity index (χ3v) is 3.98. The van der Waals surface area contributed by atoms with Crippen molar-refractivity contribution in [3.05, 3.63) is 11.9 Å². The van der Waals surface area contributed by atoms with Crippen molar-refractivity contribution in [3.63, 3.8) is 0 Å². The van der Waals surface area contributed by atoms with Gasteiger partial charge in [0.2, 0.25) is 0 Å². The Bertz CT molecular complexity index is 419. The van der Waals surface area contributed by atoms with E-state index in [4.69, 9.17) is 4.98 Å². The van der Waals surface area contributed by atoms with Crippen LogP contribution >= 0.6 is 0 Å². The predicted molar refractivity (Wildman–Crippen MR) is 85.4 cm³/mol. The lowest BCUT2D eigenvalue weighted by molar-refractivity contribution is 0.568. The predicted octanol–water partition coefficient (Wildman–Crippen LogP) is 3.49. The van der Waals surface area contributed by atoms with Crippen LogP contribution in [0.1, 0.15) is 52.3 Å². The van der Waals surface area contributed by atoms with Crippen LogP contribution in [0.5, 0.6) is 0 Å². The molecule has 4 nitrogen and oxygen atoms in total. The first-order valence-electron chi connectivity index (χ1n) is 8.13. The van der Waals surface area contributed by atoms with Gasteiger partial charge in [0.1, 0.15) is 17.5 Å². The topological polar surface area (TPSA) is 41.0 Å². The fraction of sp³-hybridized carbons (Fsp3) is 0.750. The average molecular weight is 276 g/mol. The lowest BCUT2D eigenvalue weighted by Crippen LogP contribution is -2.22. The molecule has 1 N–H and O–H groups in total. The molecule has 4 heteroatoms. The van der Waals surface area contributed by atoms with E-state index in [1.165, 1.54) is 12.8 Å². The number of aryl methyl sites for hydroxylation is 1. The van der Waals surface area contributed by atoms with E-state index in [1.54, 1.807) is 0 Å². The minimum absolute atomic E-state index is 0.826. The molecule has 0 spiro atoms. The van der Waals surface area contributed by atoms with Crippen molar-refractivity contribution in [1.82, 2.24) is 9.97 Å². The zero-order chi connectivity index (χ0) is 14.4. The van der Waals surface area contributed by atoms with Gasteiger partial charge < -0.3 is 10.2 Å². The lowest BCUT2D eigenvalue weighted by atomic mass is 10.1. The number of anilines is 2. The molecular formula is C16H28N4. The van der Waals surface area contributed by atoms with Crippen LogP contribution in [0.4, 0.5) is 11.6 Å². The van der Waals surface area contributed by atoms with Crippen LogP contribution < -0.4 is 10.2 Å². The third kappa shape index (κ3) is 3.84. The highest BCUT2D eigenvalue weighted by Gasteiger charge is 2.22. The van der Waals surface area contributed by atoms with Crippen molar-refractivity contribution < 1.29 is 0 Å². The van der Waals surface area contributed by atoms with E-state index < -0.39 is 0 Å². The molecule has 1 atom stereocenters. The molecule has 0 radical (unpaired) electrons. The summed E-state index contributed by atoms with van der Waals surface area (Å²) in [6.45, 7) is 9.89. The van der Waals surface area contributed by atoms with Gasteiger partial charge in [-0.1, -0.05) is 27.2 Å². The van der Waals surface area contributed by atoms with Gasteiger partial charge >= 0.3 is 0 Å². The Hall–Kier alpha value is -1.32. The van der Waals surface area contributed by atoms with Gasteiger partial charge in [0.25, 0.3) is 0 Å². The van der Waals surface area contributed by atoms with E-state index >= 15 is 0 Å². The first-order chi connectivity index (χ1) is 9.76. The summed E-state index contributed by atoms with van der Waals surface area (Å²) in [7, 11) is 0. The van der Waals surface area contributed by atoms with Gasteiger partial charge in [0.05, 0.1) is 0 Å². The Kier molecular flexibility index (Phi) is 5.62. The Morgan fingerprint density at radius 2 is 2.10 bits per heavy atom. The molecule has 2 rings (SSSR count). The summed E-state index contributed by atoms with van der Waals surface area (Å²) in [5.74, 6) is 3.90. The van der Waals surface area contributed by atoms with E-state index in [0.29, 0.717) is 0 Å². The first kappa shape index (κ1) is 15.1. The van der Waals surface area contributed by atoms with Gasteiger partial charge in [-0.05, 0) is 25.2 Å². The monoisotopic (exact) mass is 276 g/mol. The highest BCUT2D eigenvalue weighted by atomic mass is 15.2. The fourth-order valence-corrected chi connectivity index (χ4v) is 2.70. The zero-order valence-corrected chi connectivity index (χ0v) is 13.2. The molecule has 1 aromatic rings. The summed E-state index contributed by atoms with van der Waals surface area (Å²) in [6, 6.07) is 2.12. The molecule has 0 aromatic carbocycles. The molecular weight excluding hydrogens is 248 g/mol. The van der Waals surface area contributed by atoms with Crippen molar-refractivity contribution in [2.75, 3.05) is 29.9 Å². The summed E-state index contributed by atoms with van der Waals surface area (Å²) < 4.78 is 0. The maximum Gasteiger partial charge on any atom is 0.134 e. The fourth-order valence-electron chi connectivity index (χ4n) is 2.70. The summed E-state index contributed by atoms with van der Waals surface area (Å²) in [4.78, 5) is 11.8. The van der Waals surface area contributed by atoms with Crippen molar-refractivity contribution >= 4 is 11.6 Å². The van der Waals surface area contributed by atoms with E-state index in [2.05, 4.69) is 42.0 Å². The highest BCUT2D eigenvalue weighted by Crippen LogP contribution is 2.25. The second kappa shape index (κ2) is 7.46. The molecule has 1 saturated heterocycles. The number of hydrogen-bond donors (Lipinski definition) is 1. The molecule has 1 aromatic heterocycles. The van der Waals surface area contributed by atoms with Gasteiger partial charge in [0, 0.05) is 32.1 Å². The van der Waals surface area contributed by atoms with Gasteiger partial charge in [-0.25, -0.2) is 9.97 Å². The molecule has 1 aliphatic rings. The smallest absolute Gasteiger partial charge is 0.134 e. The minimum atomic E-state index is 0.826. The molecule has 20 heavy (non-hydrogen) atoms. The van der Waals surface area contributed by atoms with Crippen LogP contribution in [-0.4, -0.2) is 29.6 Å². The third-order valence-electron chi connectivity index (χ3n) is 3.98. The van der Waals surface area contributed by atoms with E-state index in [-0.39, 0.29) is 0 Å². The number of rotatable bonds is 7. The second-order valence-corrected chi connectivity index (χ2v) is 5.71. The van der Waals surface area contributed by atoms with E-state index in [0.717, 1.165) is 62.3 Å². The summed E-state index contributed by atoms with van der Waals surface area (Å²) in [5.41, 5.74) is 0. The molecule has 1 fully saturated rings. The van der Waals surface area contributed by atoms with Gasteiger partial charge in [-0.2, -0.15) is 0 Å². The van der Waals surface area contributed by atoms with Crippen molar-refractivity contribution in [1.29, 1.82) is 0 Å². The lowest BCUT2D eigenvalue weighted by Gasteiger charge is -2.19. The molecule has 1 unspecified atom stereocenters. The number of nitrogens with zero attached hydrogens (tertiary/aromatic N) is 3. The Morgan fingerprint density at radius 3 is 2.75 bits per heavy atom. The maximum atomic E-state index is 4.76. The summed E-state index contributed by atoms with van der Waals surface area (Å²) in [5, 5.41) is 3.40. The van der Waals surface area contributed by atoms with Crippen LogP contribution in [0.25, 0.3) is 0 Å². The van der Waals surface area contributed by atoms with Crippen LogP contribution in [-0.2, 0) is 6.42 Å². The van der Waals surface area contributed by atoms with E-state index in [1.807, 2.05) is 0 Å². The number of hydrogen-bond acceptors (Lipinski definition) is 4. The van der Waals surface area contributed by atoms with Crippen molar-refractivity contribution in [2.24, 2.45) is 5.92 Å². The summed E-state index contributed by atoms with van der Waals surface area (Å²) >= 11 is 0. The molecule has 112 valence electrons. The highest BCUT2D eigenvalue weighted by molar-refractivity contribution is 5.50. The van der Waals surface area contributed by atoms with Crippen molar-refractivity contribution in [2.45, 2.75) is 52.9 Å². The van der Waals surface area contributed by atoms with Crippen LogP contribution in [0.2, 0.25) is 0 Å². The Balaban J connectivity index is 2.15. The molecule has 2 heterocycles. The standard InChI is InChI=1S/C16H28N4/c1-4-7-14-18-15(17-9-5-2)11-16(19-14)20-10-8-13(6-3)12-20/h11,13H,4-10,12H2,1-3H3,(H,17,18,19). The van der Waals surface area contributed by atoms with Crippen LogP contribution in [0, 0.1) is 5.92 Å². The van der Waals surface area contributed by atoms with Crippen molar-refractivity contribution in [3.8, 4) is 0 Å². The van der Waals surface area contributed by atoms with Crippen LogP contribution in [0.3, 0.4) is 0 Å². The number of aromatic nitrogens is 2. The Labute approximate surface area is 123 Å². The SMILES string of the molecule is CCCNc1cc(N2CCC(CC)C2)nc(CCC)n1. The molecule has 0 bridgehead atoms. The maximum absolute atomic E-state index is 4.76. The zero-order valence-electron chi connectivity index (χ0n) is 13.2. The molecule has 0 aliphatic carbocycles. The minimum Gasteiger partial charge on any atom is -0.370 e. The quantitative estimate of drug-likeness (QED) is 0.827. The number of nitrogens with one attached hydrogen (secondary N) is 1. The second-order valence-electron chi connectivity index (χ2n) is 5.71. The average Bonchev–Trinajstić information content (AvgIpc) is 2.94.